The lowest BCUT2D eigenvalue weighted by Crippen LogP contribution is -2.44. The molecule has 15 heavy (non-hydrogen) atoms. The Morgan fingerprint density at radius 1 is 1.07 bits per heavy atom. The summed E-state index contributed by atoms with van der Waals surface area (Å²) in [5.74, 6) is 0. The van der Waals surface area contributed by atoms with Crippen molar-refractivity contribution >= 4 is 28.9 Å². The van der Waals surface area contributed by atoms with Gasteiger partial charge in [0.2, 0.25) is 0 Å². The van der Waals surface area contributed by atoms with E-state index in [-0.39, 0.29) is 0 Å². The summed E-state index contributed by atoms with van der Waals surface area (Å²) >= 11 is 12.1. The Balaban J connectivity index is 2.18. The first-order valence-electron chi connectivity index (χ1n) is 5.05. The molecule has 1 heterocycles. The third-order valence-electron chi connectivity index (χ3n) is 2.75. The Morgan fingerprint density at radius 3 is 2.40 bits per heavy atom. The molecule has 4 heteroatoms. The minimum Gasteiger partial charge on any atom is -0.368 e. The molecule has 0 N–H and O–H groups in total. The molecule has 1 fully saturated rings. The normalized spacial score (nSPS) is 18.2. The van der Waals surface area contributed by atoms with Crippen LogP contribution in [-0.2, 0) is 0 Å². The largest absolute Gasteiger partial charge is 0.368 e. The molecule has 0 atom stereocenters. The van der Waals surface area contributed by atoms with Gasteiger partial charge in [0, 0.05) is 31.2 Å². The van der Waals surface area contributed by atoms with E-state index in [1.165, 1.54) is 0 Å². The maximum Gasteiger partial charge on any atom is 0.0640 e. The maximum absolute atomic E-state index is 6.15. The Labute approximate surface area is 100 Å². The first kappa shape index (κ1) is 11.1. The molecule has 0 amide bonds. The fourth-order valence-corrected chi connectivity index (χ4v) is 2.18. The number of piperazine rings is 1. The average Bonchev–Trinajstić information content (AvgIpc) is 2.23. The zero-order valence-corrected chi connectivity index (χ0v) is 10.2. The molecule has 1 aromatic rings. The smallest absolute Gasteiger partial charge is 0.0640 e. The molecule has 0 unspecified atom stereocenters. The van der Waals surface area contributed by atoms with Crippen LogP contribution in [0.1, 0.15) is 0 Å². The Hall–Kier alpha value is -0.440. The van der Waals surface area contributed by atoms with Crippen molar-refractivity contribution in [3.63, 3.8) is 0 Å². The lowest BCUT2D eigenvalue weighted by atomic mass is 10.2. The van der Waals surface area contributed by atoms with E-state index in [9.17, 15) is 0 Å². The molecule has 2 rings (SSSR count). The molecule has 0 aromatic heterocycles. The van der Waals surface area contributed by atoms with Gasteiger partial charge in [-0.1, -0.05) is 23.2 Å². The summed E-state index contributed by atoms with van der Waals surface area (Å²) < 4.78 is 0. The Morgan fingerprint density at radius 2 is 1.73 bits per heavy atom. The summed E-state index contributed by atoms with van der Waals surface area (Å²) in [7, 11) is 2.14. The van der Waals surface area contributed by atoms with E-state index in [4.69, 9.17) is 23.2 Å². The molecular formula is C11H14Cl2N2. The third-order valence-corrected chi connectivity index (χ3v) is 3.31. The van der Waals surface area contributed by atoms with Crippen LogP contribution >= 0.6 is 23.2 Å². The standard InChI is InChI=1S/C11H14Cl2N2/c1-14-4-6-15(7-5-14)11-8-9(12)2-3-10(11)13/h2-3,8H,4-7H2,1H3. The molecule has 0 bridgehead atoms. The summed E-state index contributed by atoms with van der Waals surface area (Å²) in [4.78, 5) is 4.60. The third kappa shape index (κ3) is 2.57. The SMILES string of the molecule is CN1CCN(c2cc(Cl)ccc2Cl)CC1. The molecule has 2 nitrogen and oxygen atoms in total. The van der Waals surface area contributed by atoms with E-state index in [2.05, 4.69) is 16.8 Å². The number of likely N-dealkylation sites (N-methyl/N-ethyl adjacent to an activating group) is 1. The van der Waals surface area contributed by atoms with Crippen molar-refractivity contribution < 1.29 is 0 Å². The minimum absolute atomic E-state index is 0.744. The summed E-state index contributed by atoms with van der Waals surface area (Å²) in [6, 6.07) is 5.62. The van der Waals surface area contributed by atoms with Crippen LogP contribution in [0.15, 0.2) is 18.2 Å². The monoisotopic (exact) mass is 244 g/mol. The summed E-state index contributed by atoms with van der Waals surface area (Å²) in [6.45, 7) is 4.17. The van der Waals surface area contributed by atoms with E-state index in [0.717, 1.165) is 41.9 Å². The number of nitrogens with zero attached hydrogens (tertiary/aromatic N) is 2. The second-order valence-electron chi connectivity index (χ2n) is 3.89. The number of hydrogen-bond acceptors (Lipinski definition) is 2. The minimum atomic E-state index is 0.744. The molecule has 0 radical (unpaired) electrons. The maximum atomic E-state index is 6.15. The van der Waals surface area contributed by atoms with Crippen molar-refractivity contribution in [1.82, 2.24) is 4.90 Å². The highest BCUT2D eigenvalue weighted by Gasteiger charge is 2.16. The van der Waals surface area contributed by atoms with Crippen LogP contribution < -0.4 is 4.90 Å². The van der Waals surface area contributed by atoms with Gasteiger partial charge in [-0.05, 0) is 25.2 Å². The molecule has 1 aliphatic heterocycles. The van der Waals surface area contributed by atoms with Crippen LogP contribution in [0.5, 0.6) is 0 Å². The van der Waals surface area contributed by atoms with Gasteiger partial charge in [0.25, 0.3) is 0 Å². The molecule has 82 valence electrons. The van der Waals surface area contributed by atoms with Gasteiger partial charge >= 0.3 is 0 Å². The number of halogens is 2. The highest BCUT2D eigenvalue weighted by atomic mass is 35.5. The molecule has 1 aromatic carbocycles. The predicted octanol–water partition coefficient (Wildman–Crippen LogP) is 2.75. The van der Waals surface area contributed by atoms with Gasteiger partial charge in [-0.25, -0.2) is 0 Å². The second kappa shape index (κ2) is 4.60. The summed E-state index contributed by atoms with van der Waals surface area (Å²) in [5, 5.41) is 1.53. The van der Waals surface area contributed by atoms with Gasteiger partial charge in [0.05, 0.1) is 10.7 Å². The zero-order valence-electron chi connectivity index (χ0n) is 8.71. The van der Waals surface area contributed by atoms with E-state index in [1.54, 1.807) is 0 Å². The Bertz CT molecular complexity index is 346. The first-order chi connectivity index (χ1) is 7.16. The second-order valence-corrected chi connectivity index (χ2v) is 4.73. The highest BCUT2D eigenvalue weighted by molar-refractivity contribution is 6.35. The van der Waals surface area contributed by atoms with E-state index >= 15 is 0 Å². The van der Waals surface area contributed by atoms with Crippen LogP contribution in [-0.4, -0.2) is 38.1 Å². The van der Waals surface area contributed by atoms with Crippen LogP contribution in [0.3, 0.4) is 0 Å². The highest BCUT2D eigenvalue weighted by Crippen LogP contribution is 2.29. The molecule has 0 spiro atoms. The lowest BCUT2D eigenvalue weighted by Gasteiger charge is -2.34. The number of benzene rings is 1. The van der Waals surface area contributed by atoms with Crippen molar-refractivity contribution in [2.75, 3.05) is 38.1 Å². The van der Waals surface area contributed by atoms with E-state index in [1.807, 2.05) is 18.2 Å². The predicted molar refractivity (Wildman–Crippen MR) is 66.2 cm³/mol. The van der Waals surface area contributed by atoms with Gasteiger partial charge in [0.1, 0.15) is 0 Å². The average molecular weight is 245 g/mol. The summed E-state index contributed by atoms with van der Waals surface area (Å²) in [5.41, 5.74) is 1.05. The lowest BCUT2D eigenvalue weighted by molar-refractivity contribution is 0.313. The van der Waals surface area contributed by atoms with Gasteiger partial charge < -0.3 is 9.80 Å². The number of hydrogen-bond donors (Lipinski definition) is 0. The number of rotatable bonds is 1. The van der Waals surface area contributed by atoms with Crippen molar-refractivity contribution in [3.8, 4) is 0 Å². The van der Waals surface area contributed by atoms with Crippen molar-refractivity contribution in [1.29, 1.82) is 0 Å². The van der Waals surface area contributed by atoms with Crippen LogP contribution in [0.2, 0.25) is 10.0 Å². The molecule has 1 aliphatic rings. The fraction of sp³-hybridized carbons (Fsp3) is 0.455. The van der Waals surface area contributed by atoms with Gasteiger partial charge in [0.15, 0.2) is 0 Å². The Kier molecular flexibility index (Phi) is 3.39. The van der Waals surface area contributed by atoms with Crippen molar-refractivity contribution in [2.45, 2.75) is 0 Å². The first-order valence-corrected chi connectivity index (χ1v) is 5.81. The molecule has 1 saturated heterocycles. The van der Waals surface area contributed by atoms with Gasteiger partial charge in [-0.3, -0.25) is 0 Å². The van der Waals surface area contributed by atoms with Crippen molar-refractivity contribution in [2.24, 2.45) is 0 Å². The topological polar surface area (TPSA) is 6.48 Å². The molecule has 0 saturated carbocycles. The van der Waals surface area contributed by atoms with Crippen LogP contribution in [0.4, 0.5) is 5.69 Å². The number of anilines is 1. The van der Waals surface area contributed by atoms with Crippen LogP contribution in [0, 0.1) is 0 Å². The van der Waals surface area contributed by atoms with Crippen molar-refractivity contribution in [3.05, 3.63) is 28.2 Å². The van der Waals surface area contributed by atoms with E-state index < -0.39 is 0 Å². The zero-order chi connectivity index (χ0) is 10.8. The molecular weight excluding hydrogens is 231 g/mol. The quantitative estimate of drug-likeness (QED) is 0.750. The fourth-order valence-electron chi connectivity index (χ4n) is 1.78. The van der Waals surface area contributed by atoms with Gasteiger partial charge in [-0.2, -0.15) is 0 Å². The molecule has 0 aliphatic carbocycles. The summed E-state index contributed by atoms with van der Waals surface area (Å²) in [6.07, 6.45) is 0. The van der Waals surface area contributed by atoms with E-state index in [0.29, 0.717) is 0 Å². The van der Waals surface area contributed by atoms with Crippen LogP contribution in [0.25, 0.3) is 0 Å². The van der Waals surface area contributed by atoms with Gasteiger partial charge in [-0.15, -0.1) is 0 Å².